The Morgan fingerprint density at radius 2 is 1.84 bits per heavy atom. The zero-order valence-electron chi connectivity index (χ0n) is 11.5. The molecule has 0 radical (unpaired) electrons. The molecular formula is C16H21NOS. The molecule has 2 nitrogen and oxygen atoms in total. The number of rotatable bonds is 5. The Hall–Kier alpha value is -1.19. The quantitative estimate of drug-likeness (QED) is 0.909. The molecule has 3 unspecified atom stereocenters. The van der Waals surface area contributed by atoms with Crippen LogP contribution in [0.2, 0.25) is 0 Å². The lowest BCUT2D eigenvalue weighted by Gasteiger charge is -2.17. The fourth-order valence-electron chi connectivity index (χ4n) is 2.05. The van der Waals surface area contributed by atoms with Gasteiger partial charge in [-0.2, -0.15) is 0 Å². The largest absolute Gasteiger partial charge is 0.327 e. The van der Waals surface area contributed by atoms with E-state index in [1.807, 2.05) is 36.4 Å². The molecule has 0 fully saturated rings. The Balaban J connectivity index is 2.17. The molecule has 2 aromatic rings. The average molecular weight is 275 g/mol. The summed E-state index contributed by atoms with van der Waals surface area (Å²) in [6.07, 6.45) is 1.02. The Kier molecular flexibility index (Phi) is 4.72. The summed E-state index contributed by atoms with van der Waals surface area (Å²) >= 11 is 0. The van der Waals surface area contributed by atoms with Crippen LogP contribution in [0.1, 0.15) is 20.3 Å². The van der Waals surface area contributed by atoms with E-state index in [2.05, 4.69) is 19.9 Å². The van der Waals surface area contributed by atoms with Gasteiger partial charge in [-0.25, -0.2) is 0 Å². The lowest BCUT2D eigenvalue weighted by molar-refractivity contribution is 0.472. The molecule has 19 heavy (non-hydrogen) atoms. The molecule has 0 bridgehead atoms. The van der Waals surface area contributed by atoms with E-state index < -0.39 is 10.8 Å². The standard InChI is InChI=1S/C16H21NOS/c1-3-12(2)16(17)11-19(18)15-9-8-13-6-4-5-7-14(13)10-15/h4-10,12,16H,3,11,17H2,1-2H3. The van der Waals surface area contributed by atoms with Gasteiger partial charge in [-0.3, -0.25) is 4.21 Å². The molecule has 0 saturated carbocycles. The van der Waals surface area contributed by atoms with E-state index in [9.17, 15) is 4.21 Å². The van der Waals surface area contributed by atoms with Gasteiger partial charge in [-0.15, -0.1) is 0 Å². The van der Waals surface area contributed by atoms with Crippen molar-refractivity contribution >= 4 is 21.6 Å². The van der Waals surface area contributed by atoms with Crippen LogP contribution < -0.4 is 5.73 Å². The maximum Gasteiger partial charge on any atom is 0.0545 e. The fourth-order valence-corrected chi connectivity index (χ4v) is 3.40. The first kappa shape index (κ1) is 14.2. The molecule has 0 aromatic heterocycles. The van der Waals surface area contributed by atoms with Gasteiger partial charge in [0.25, 0.3) is 0 Å². The highest BCUT2D eigenvalue weighted by molar-refractivity contribution is 7.85. The van der Waals surface area contributed by atoms with Crippen LogP contribution in [0.5, 0.6) is 0 Å². The second-order valence-electron chi connectivity index (χ2n) is 5.07. The van der Waals surface area contributed by atoms with Crippen molar-refractivity contribution in [3.63, 3.8) is 0 Å². The first-order valence-corrected chi connectivity index (χ1v) is 8.06. The fraction of sp³-hybridized carbons (Fsp3) is 0.375. The lowest BCUT2D eigenvalue weighted by atomic mass is 10.0. The molecule has 0 aliphatic rings. The third-order valence-corrected chi connectivity index (χ3v) is 5.17. The van der Waals surface area contributed by atoms with E-state index in [1.54, 1.807) is 0 Å². The number of hydrogen-bond acceptors (Lipinski definition) is 2. The summed E-state index contributed by atoms with van der Waals surface area (Å²) in [4.78, 5) is 0.873. The summed E-state index contributed by atoms with van der Waals surface area (Å²) in [5.74, 6) is 0.942. The third-order valence-electron chi connectivity index (χ3n) is 3.70. The van der Waals surface area contributed by atoms with Crippen molar-refractivity contribution < 1.29 is 4.21 Å². The zero-order valence-corrected chi connectivity index (χ0v) is 12.3. The zero-order chi connectivity index (χ0) is 13.8. The normalized spacial score (nSPS) is 16.2. The van der Waals surface area contributed by atoms with Gasteiger partial charge in [0, 0.05) is 16.7 Å². The van der Waals surface area contributed by atoms with Crippen LogP contribution in [0.15, 0.2) is 47.4 Å². The van der Waals surface area contributed by atoms with Gasteiger partial charge in [0.15, 0.2) is 0 Å². The summed E-state index contributed by atoms with van der Waals surface area (Å²) in [6.45, 7) is 4.23. The van der Waals surface area contributed by atoms with Gasteiger partial charge in [-0.1, -0.05) is 50.6 Å². The molecule has 0 aliphatic heterocycles. The van der Waals surface area contributed by atoms with E-state index in [0.717, 1.165) is 16.7 Å². The highest BCUT2D eigenvalue weighted by Gasteiger charge is 2.15. The molecule has 0 aliphatic carbocycles. The minimum atomic E-state index is -1.02. The van der Waals surface area contributed by atoms with Crippen molar-refractivity contribution in [2.24, 2.45) is 11.7 Å². The summed E-state index contributed by atoms with van der Waals surface area (Å²) in [5.41, 5.74) is 6.09. The number of benzene rings is 2. The Morgan fingerprint density at radius 3 is 2.53 bits per heavy atom. The van der Waals surface area contributed by atoms with Gasteiger partial charge >= 0.3 is 0 Å². The molecule has 2 aromatic carbocycles. The first-order chi connectivity index (χ1) is 9.11. The summed E-state index contributed by atoms with van der Waals surface area (Å²) in [5, 5.41) is 2.31. The van der Waals surface area contributed by atoms with Crippen molar-refractivity contribution in [3.8, 4) is 0 Å². The average Bonchev–Trinajstić information content (AvgIpc) is 2.45. The van der Waals surface area contributed by atoms with Crippen LogP contribution in [0.25, 0.3) is 10.8 Å². The number of nitrogens with two attached hydrogens (primary N) is 1. The Morgan fingerprint density at radius 1 is 1.16 bits per heavy atom. The molecule has 0 saturated heterocycles. The molecule has 0 spiro atoms. The molecule has 3 atom stereocenters. The molecule has 0 heterocycles. The van der Waals surface area contributed by atoms with Crippen LogP contribution in [0, 0.1) is 5.92 Å². The molecule has 2 rings (SSSR count). The first-order valence-electron chi connectivity index (χ1n) is 6.74. The molecule has 0 amide bonds. The van der Waals surface area contributed by atoms with E-state index in [4.69, 9.17) is 5.73 Å². The van der Waals surface area contributed by atoms with E-state index in [1.165, 1.54) is 5.39 Å². The van der Waals surface area contributed by atoms with Crippen LogP contribution in [-0.2, 0) is 10.8 Å². The molecular weight excluding hydrogens is 254 g/mol. The Bertz CT molecular complexity index is 582. The SMILES string of the molecule is CCC(C)C(N)CS(=O)c1ccc2ccccc2c1. The predicted molar refractivity (Wildman–Crippen MR) is 82.7 cm³/mol. The van der Waals surface area contributed by atoms with Crippen molar-refractivity contribution in [2.75, 3.05) is 5.75 Å². The van der Waals surface area contributed by atoms with Gasteiger partial charge in [0.2, 0.25) is 0 Å². The second kappa shape index (κ2) is 6.31. The van der Waals surface area contributed by atoms with Crippen molar-refractivity contribution in [2.45, 2.75) is 31.2 Å². The minimum Gasteiger partial charge on any atom is -0.327 e. The maximum absolute atomic E-state index is 12.4. The van der Waals surface area contributed by atoms with Crippen molar-refractivity contribution in [1.29, 1.82) is 0 Å². The predicted octanol–water partition coefficient (Wildman–Crippen LogP) is 3.32. The van der Waals surface area contributed by atoms with E-state index in [0.29, 0.717) is 11.7 Å². The number of fused-ring (bicyclic) bond motifs is 1. The van der Waals surface area contributed by atoms with Gasteiger partial charge in [0.1, 0.15) is 0 Å². The van der Waals surface area contributed by atoms with Crippen LogP contribution in [0.3, 0.4) is 0 Å². The van der Waals surface area contributed by atoms with Gasteiger partial charge < -0.3 is 5.73 Å². The molecule has 102 valence electrons. The van der Waals surface area contributed by atoms with E-state index in [-0.39, 0.29) is 6.04 Å². The van der Waals surface area contributed by atoms with Crippen molar-refractivity contribution in [3.05, 3.63) is 42.5 Å². The van der Waals surface area contributed by atoms with E-state index >= 15 is 0 Å². The smallest absolute Gasteiger partial charge is 0.0545 e. The van der Waals surface area contributed by atoms with Crippen LogP contribution in [-0.4, -0.2) is 16.0 Å². The lowest BCUT2D eigenvalue weighted by Crippen LogP contribution is -2.33. The number of hydrogen-bond donors (Lipinski definition) is 1. The summed E-state index contributed by atoms with van der Waals surface area (Å²) in [6, 6.07) is 14.1. The summed E-state index contributed by atoms with van der Waals surface area (Å²) < 4.78 is 12.4. The molecule has 3 heteroatoms. The van der Waals surface area contributed by atoms with Crippen LogP contribution >= 0.6 is 0 Å². The van der Waals surface area contributed by atoms with Crippen LogP contribution in [0.4, 0.5) is 0 Å². The molecule has 2 N–H and O–H groups in total. The Labute approximate surface area is 117 Å². The second-order valence-corrected chi connectivity index (χ2v) is 6.57. The highest BCUT2D eigenvalue weighted by Crippen LogP contribution is 2.19. The monoisotopic (exact) mass is 275 g/mol. The van der Waals surface area contributed by atoms with Gasteiger partial charge in [-0.05, 0) is 28.8 Å². The third kappa shape index (κ3) is 3.43. The van der Waals surface area contributed by atoms with Gasteiger partial charge in [0.05, 0.1) is 10.8 Å². The van der Waals surface area contributed by atoms with Crippen molar-refractivity contribution in [1.82, 2.24) is 0 Å². The minimum absolute atomic E-state index is 0.00250. The summed E-state index contributed by atoms with van der Waals surface area (Å²) in [7, 11) is -1.02. The highest BCUT2D eigenvalue weighted by atomic mass is 32.2. The topological polar surface area (TPSA) is 43.1 Å². The maximum atomic E-state index is 12.4.